The van der Waals surface area contributed by atoms with Gasteiger partial charge in [-0.3, -0.25) is 4.79 Å². The van der Waals surface area contributed by atoms with Crippen molar-refractivity contribution in [3.63, 3.8) is 0 Å². The molecule has 4 rings (SSSR count). The summed E-state index contributed by atoms with van der Waals surface area (Å²) in [7, 11) is 0. The molecule has 188 valence electrons. The number of carbonyl (C=O) groups is 2. The summed E-state index contributed by atoms with van der Waals surface area (Å²) in [6.07, 6.45) is 3.70. The third-order valence-corrected chi connectivity index (χ3v) is 6.12. The van der Waals surface area contributed by atoms with Gasteiger partial charge in [0.1, 0.15) is 11.8 Å². The number of rotatable bonds is 7. The summed E-state index contributed by atoms with van der Waals surface area (Å²) in [6, 6.07) is 20.2. The average molecular weight is 496 g/mol. The highest BCUT2D eigenvalue weighted by Gasteiger charge is 2.21. The lowest BCUT2D eigenvalue weighted by Crippen LogP contribution is -2.42. The molecule has 0 saturated carbocycles. The number of phenolic OH excluding ortho intramolecular Hbond substituents is 1. The highest BCUT2D eigenvalue weighted by atomic mass is 16.4. The maximum absolute atomic E-state index is 12.4. The van der Waals surface area contributed by atoms with Crippen molar-refractivity contribution in [1.82, 2.24) is 15.3 Å². The molecule has 7 heteroatoms. The summed E-state index contributed by atoms with van der Waals surface area (Å²) in [5.41, 5.74) is 5.15. The van der Waals surface area contributed by atoms with E-state index in [1.54, 1.807) is 24.5 Å². The topological polar surface area (TPSA) is 112 Å². The van der Waals surface area contributed by atoms with Crippen LogP contribution in [0.4, 0.5) is 0 Å². The van der Waals surface area contributed by atoms with Crippen LogP contribution in [0.2, 0.25) is 0 Å². The summed E-state index contributed by atoms with van der Waals surface area (Å²) in [5.74, 6) is -1.06. The summed E-state index contributed by atoms with van der Waals surface area (Å²) >= 11 is 0. The van der Waals surface area contributed by atoms with Crippen molar-refractivity contribution in [2.75, 3.05) is 0 Å². The molecule has 3 N–H and O–H groups in total. The predicted octanol–water partition coefficient (Wildman–Crippen LogP) is 5.24. The van der Waals surface area contributed by atoms with E-state index in [9.17, 15) is 19.8 Å². The van der Waals surface area contributed by atoms with E-state index >= 15 is 0 Å². The molecule has 0 aliphatic rings. The average Bonchev–Trinajstić information content (AvgIpc) is 2.89. The van der Waals surface area contributed by atoms with Gasteiger partial charge in [0.25, 0.3) is 5.91 Å². The zero-order valence-corrected chi connectivity index (χ0v) is 21.0. The molecule has 0 fully saturated rings. The van der Waals surface area contributed by atoms with Crippen molar-refractivity contribution in [3.05, 3.63) is 102 Å². The van der Waals surface area contributed by atoms with Crippen LogP contribution in [-0.2, 0) is 16.6 Å². The van der Waals surface area contributed by atoms with Crippen LogP contribution in [0.25, 0.3) is 22.5 Å². The van der Waals surface area contributed by atoms with Crippen LogP contribution in [0.1, 0.15) is 42.3 Å². The van der Waals surface area contributed by atoms with Gasteiger partial charge in [-0.25, -0.2) is 14.8 Å². The summed E-state index contributed by atoms with van der Waals surface area (Å²) < 4.78 is 0. The minimum absolute atomic E-state index is 0.0276. The van der Waals surface area contributed by atoms with E-state index in [4.69, 9.17) is 0 Å². The van der Waals surface area contributed by atoms with Crippen LogP contribution in [-0.4, -0.2) is 38.1 Å². The van der Waals surface area contributed by atoms with Crippen molar-refractivity contribution in [2.24, 2.45) is 0 Å². The van der Waals surface area contributed by atoms with Crippen molar-refractivity contribution in [1.29, 1.82) is 0 Å². The highest BCUT2D eigenvalue weighted by molar-refractivity contribution is 5.96. The van der Waals surface area contributed by atoms with Crippen molar-refractivity contribution >= 4 is 11.9 Å². The Kier molecular flexibility index (Phi) is 7.34. The van der Waals surface area contributed by atoms with Crippen LogP contribution >= 0.6 is 0 Å². The molecule has 37 heavy (non-hydrogen) atoms. The van der Waals surface area contributed by atoms with E-state index in [1.807, 2.05) is 12.1 Å². The molecule has 0 saturated heterocycles. The minimum Gasteiger partial charge on any atom is -0.508 e. The number of nitrogens with one attached hydrogen (secondary N) is 1. The third kappa shape index (κ3) is 6.38. The molecule has 1 aromatic heterocycles. The third-order valence-electron chi connectivity index (χ3n) is 6.12. The number of phenols is 1. The van der Waals surface area contributed by atoms with Crippen LogP contribution in [0, 0.1) is 0 Å². The number of carbonyl (C=O) groups excluding carboxylic acids is 1. The number of carboxylic acid groups (broad SMARTS) is 1. The number of aliphatic carboxylic acids is 1. The second-order valence-corrected chi connectivity index (χ2v) is 9.93. The Morgan fingerprint density at radius 1 is 0.811 bits per heavy atom. The van der Waals surface area contributed by atoms with Gasteiger partial charge in [0.15, 0.2) is 5.82 Å². The lowest BCUT2D eigenvalue weighted by molar-refractivity contribution is -0.139. The molecule has 4 aromatic rings. The number of hydrogen-bond donors (Lipinski definition) is 3. The maximum atomic E-state index is 12.4. The van der Waals surface area contributed by atoms with E-state index in [1.165, 1.54) is 29.8 Å². The fraction of sp³-hybridized carbons (Fsp3) is 0.200. The standard InChI is InChI=1S/C30H29N3O4/c1-30(2,3)24-12-8-20(9-13-24)23-17-31-27(32-18-23)21-6-4-19(5-7-21)16-26(29(36)37)33-28(35)22-10-14-25(34)15-11-22/h4-15,17-18,26,34H,16H2,1-3H3,(H,33,35)(H,36,37)/t26-/m0/s1. The van der Waals surface area contributed by atoms with Gasteiger partial charge in [-0.05, 0) is 46.4 Å². The molecule has 0 spiro atoms. The second-order valence-electron chi connectivity index (χ2n) is 9.93. The van der Waals surface area contributed by atoms with Crippen LogP contribution in [0.3, 0.4) is 0 Å². The Hall–Kier alpha value is -4.52. The number of aromatic hydroxyl groups is 1. The number of carboxylic acids is 1. The Bertz CT molecular complexity index is 1370. The predicted molar refractivity (Wildman–Crippen MR) is 142 cm³/mol. The second kappa shape index (κ2) is 10.6. The van der Waals surface area contributed by atoms with Crippen molar-refractivity contribution < 1.29 is 19.8 Å². The molecule has 3 aromatic carbocycles. The Balaban J connectivity index is 1.42. The minimum atomic E-state index is -1.13. The van der Waals surface area contributed by atoms with Gasteiger partial charge in [-0.1, -0.05) is 69.3 Å². The van der Waals surface area contributed by atoms with Gasteiger partial charge in [0.05, 0.1) is 0 Å². The molecule has 0 aliphatic heterocycles. The van der Waals surface area contributed by atoms with E-state index in [0.717, 1.165) is 22.3 Å². The first kappa shape index (κ1) is 25.6. The monoisotopic (exact) mass is 495 g/mol. The number of aromatic nitrogens is 2. The number of benzene rings is 3. The lowest BCUT2D eigenvalue weighted by atomic mass is 9.86. The van der Waals surface area contributed by atoms with Gasteiger partial charge >= 0.3 is 5.97 Å². The fourth-order valence-electron chi connectivity index (χ4n) is 3.87. The van der Waals surface area contributed by atoms with Gasteiger partial charge in [0, 0.05) is 35.5 Å². The van der Waals surface area contributed by atoms with Gasteiger partial charge in [-0.15, -0.1) is 0 Å². The summed E-state index contributed by atoms with van der Waals surface area (Å²) in [6.45, 7) is 6.54. The molecular formula is C30H29N3O4. The first-order valence-electron chi connectivity index (χ1n) is 11.9. The van der Waals surface area contributed by atoms with Crippen molar-refractivity contribution in [2.45, 2.75) is 38.6 Å². The number of hydrogen-bond acceptors (Lipinski definition) is 5. The van der Waals surface area contributed by atoms with Crippen LogP contribution in [0.15, 0.2) is 85.2 Å². The Morgan fingerprint density at radius 2 is 1.38 bits per heavy atom. The number of amides is 1. The summed E-state index contributed by atoms with van der Waals surface area (Å²) in [5, 5.41) is 21.5. The largest absolute Gasteiger partial charge is 0.508 e. The zero-order chi connectivity index (χ0) is 26.6. The van der Waals surface area contributed by atoms with E-state index < -0.39 is 17.9 Å². The van der Waals surface area contributed by atoms with E-state index in [0.29, 0.717) is 5.82 Å². The molecule has 1 atom stereocenters. The smallest absolute Gasteiger partial charge is 0.326 e. The lowest BCUT2D eigenvalue weighted by Gasteiger charge is -2.19. The highest BCUT2D eigenvalue weighted by Crippen LogP contribution is 2.26. The van der Waals surface area contributed by atoms with Crippen molar-refractivity contribution in [3.8, 4) is 28.3 Å². The fourth-order valence-corrected chi connectivity index (χ4v) is 3.87. The quantitative estimate of drug-likeness (QED) is 0.323. The van der Waals surface area contributed by atoms with E-state index in [2.05, 4.69) is 60.3 Å². The maximum Gasteiger partial charge on any atom is 0.326 e. The molecule has 7 nitrogen and oxygen atoms in total. The Morgan fingerprint density at radius 3 is 1.92 bits per heavy atom. The van der Waals surface area contributed by atoms with Gasteiger partial charge in [0.2, 0.25) is 0 Å². The normalized spacial score (nSPS) is 12.1. The molecule has 1 amide bonds. The van der Waals surface area contributed by atoms with E-state index in [-0.39, 0.29) is 23.1 Å². The molecule has 0 bridgehead atoms. The molecule has 1 heterocycles. The Labute approximate surface area is 215 Å². The van der Waals surface area contributed by atoms with Crippen LogP contribution < -0.4 is 5.32 Å². The molecule has 0 radical (unpaired) electrons. The molecular weight excluding hydrogens is 466 g/mol. The first-order chi connectivity index (χ1) is 17.6. The van der Waals surface area contributed by atoms with Gasteiger partial charge in [-0.2, -0.15) is 0 Å². The first-order valence-corrected chi connectivity index (χ1v) is 11.9. The van der Waals surface area contributed by atoms with Crippen LogP contribution in [0.5, 0.6) is 5.75 Å². The molecule has 0 unspecified atom stereocenters. The zero-order valence-electron chi connectivity index (χ0n) is 21.0. The summed E-state index contributed by atoms with van der Waals surface area (Å²) in [4.78, 5) is 33.2. The SMILES string of the molecule is CC(C)(C)c1ccc(-c2cnc(-c3ccc(C[C@H](NC(=O)c4ccc(O)cc4)C(=O)O)cc3)nc2)cc1. The van der Waals surface area contributed by atoms with Gasteiger partial charge < -0.3 is 15.5 Å². The molecule has 0 aliphatic carbocycles. The number of nitrogens with zero attached hydrogens (tertiary/aromatic N) is 2.